The Hall–Kier alpha value is -3.13. The number of hydrogen-bond donors (Lipinski definition) is 1. The summed E-state index contributed by atoms with van der Waals surface area (Å²) >= 11 is 1.35. The molecule has 0 saturated carbocycles. The van der Waals surface area contributed by atoms with E-state index in [-0.39, 0.29) is 11.3 Å². The van der Waals surface area contributed by atoms with Gasteiger partial charge in [-0.15, -0.1) is 5.10 Å². The van der Waals surface area contributed by atoms with E-state index in [1.54, 1.807) is 23.0 Å². The first-order chi connectivity index (χ1) is 13.5. The Balaban J connectivity index is 1.65. The summed E-state index contributed by atoms with van der Waals surface area (Å²) in [5.74, 6) is -0.760. The predicted molar refractivity (Wildman–Crippen MR) is 106 cm³/mol. The van der Waals surface area contributed by atoms with E-state index in [0.29, 0.717) is 17.1 Å². The van der Waals surface area contributed by atoms with Crippen LogP contribution in [0.4, 0.5) is 4.39 Å². The number of rotatable bonds is 5. The van der Waals surface area contributed by atoms with Crippen LogP contribution < -0.4 is 5.73 Å². The summed E-state index contributed by atoms with van der Waals surface area (Å²) in [5.41, 5.74) is 8.60. The summed E-state index contributed by atoms with van der Waals surface area (Å²) in [7, 11) is 0. The van der Waals surface area contributed by atoms with Crippen molar-refractivity contribution in [3.8, 4) is 11.3 Å². The molecule has 0 saturated heterocycles. The Morgan fingerprint density at radius 2 is 1.89 bits per heavy atom. The smallest absolute Gasteiger partial charge is 0.257 e. The van der Waals surface area contributed by atoms with Crippen molar-refractivity contribution in [3.05, 3.63) is 82.8 Å². The van der Waals surface area contributed by atoms with Gasteiger partial charge in [-0.1, -0.05) is 47.3 Å². The maximum Gasteiger partial charge on any atom is 0.257 e. The van der Waals surface area contributed by atoms with Gasteiger partial charge in [-0.05, 0) is 36.8 Å². The molecule has 0 fully saturated rings. The number of hydrogen-bond acceptors (Lipinski definition) is 5. The van der Waals surface area contributed by atoms with Crippen LogP contribution in [0.15, 0.2) is 71.4 Å². The third-order valence-corrected chi connectivity index (χ3v) is 5.96. The molecular formula is C20H18FN5OS. The lowest BCUT2D eigenvalue weighted by molar-refractivity contribution is -0.114. The highest BCUT2D eigenvalue weighted by atomic mass is 32.2. The molecule has 8 heteroatoms. The van der Waals surface area contributed by atoms with Crippen molar-refractivity contribution in [1.29, 1.82) is 0 Å². The summed E-state index contributed by atoms with van der Waals surface area (Å²) in [5, 5.41) is 8.46. The number of primary amides is 1. The standard InChI is InChI=1S/C20H18FN5OS/c1-13-18(19(22)27)28-20(25(13)11-14-5-3-2-4-6-14)26-12-17(23-24-26)15-7-9-16(21)10-8-15/h2-10,12,20H,11H2,1H3,(H2,22,27). The Kier molecular flexibility index (Phi) is 4.87. The first-order valence-corrected chi connectivity index (χ1v) is 9.56. The van der Waals surface area contributed by atoms with Crippen LogP contribution in [-0.2, 0) is 11.3 Å². The van der Waals surface area contributed by atoms with Gasteiger partial charge in [0.15, 0.2) is 5.50 Å². The normalized spacial score (nSPS) is 16.6. The topological polar surface area (TPSA) is 77.0 Å². The average Bonchev–Trinajstić information content (AvgIpc) is 3.29. The first-order valence-electron chi connectivity index (χ1n) is 8.68. The van der Waals surface area contributed by atoms with E-state index >= 15 is 0 Å². The molecule has 142 valence electrons. The van der Waals surface area contributed by atoms with Gasteiger partial charge in [-0.3, -0.25) is 4.79 Å². The van der Waals surface area contributed by atoms with Crippen LogP contribution in [0.5, 0.6) is 0 Å². The molecule has 0 spiro atoms. The molecule has 0 aliphatic carbocycles. The first kappa shape index (κ1) is 18.2. The van der Waals surface area contributed by atoms with Gasteiger partial charge in [-0.25, -0.2) is 9.07 Å². The SMILES string of the molecule is CC1=C(C(N)=O)SC(n2cc(-c3ccc(F)cc3)nn2)N1Cc1ccccc1. The van der Waals surface area contributed by atoms with Crippen molar-refractivity contribution >= 4 is 17.7 Å². The summed E-state index contributed by atoms with van der Waals surface area (Å²) in [6.07, 6.45) is 1.79. The Morgan fingerprint density at radius 3 is 2.57 bits per heavy atom. The van der Waals surface area contributed by atoms with Crippen molar-refractivity contribution in [3.63, 3.8) is 0 Å². The third kappa shape index (κ3) is 3.50. The lowest BCUT2D eigenvalue weighted by Gasteiger charge is -2.27. The number of carbonyl (C=O) groups is 1. The second-order valence-corrected chi connectivity index (χ2v) is 7.49. The van der Waals surface area contributed by atoms with Gasteiger partial charge in [0, 0.05) is 17.8 Å². The number of amides is 1. The largest absolute Gasteiger partial charge is 0.365 e. The molecule has 1 aliphatic rings. The van der Waals surface area contributed by atoms with E-state index in [4.69, 9.17) is 5.73 Å². The number of allylic oxidation sites excluding steroid dienone is 1. The third-order valence-electron chi connectivity index (χ3n) is 4.55. The van der Waals surface area contributed by atoms with Gasteiger partial charge in [0.25, 0.3) is 5.91 Å². The Morgan fingerprint density at radius 1 is 1.18 bits per heavy atom. The maximum absolute atomic E-state index is 13.2. The number of carbonyl (C=O) groups excluding carboxylic acids is 1. The summed E-state index contributed by atoms with van der Waals surface area (Å²) in [4.78, 5) is 14.5. The highest BCUT2D eigenvalue weighted by Crippen LogP contribution is 2.45. The minimum atomic E-state index is -0.457. The molecule has 3 aromatic rings. The van der Waals surface area contributed by atoms with Gasteiger partial charge in [0.2, 0.25) is 0 Å². The number of thioether (sulfide) groups is 1. The lowest BCUT2D eigenvalue weighted by atomic mass is 10.2. The van der Waals surface area contributed by atoms with E-state index in [9.17, 15) is 9.18 Å². The molecule has 28 heavy (non-hydrogen) atoms. The van der Waals surface area contributed by atoms with E-state index in [1.165, 1.54) is 23.9 Å². The summed E-state index contributed by atoms with van der Waals surface area (Å²) in [6.45, 7) is 2.49. The zero-order chi connectivity index (χ0) is 19.7. The van der Waals surface area contributed by atoms with E-state index < -0.39 is 5.91 Å². The van der Waals surface area contributed by atoms with E-state index in [2.05, 4.69) is 15.2 Å². The highest BCUT2D eigenvalue weighted by Gasteiger charge is 2.34. The van der Waals surface area contributed by atoms with Crippen LogP contribution in [0, 0.1) is 5.82 Å². The zero-order valence-corrected chi connectivity index (χ0v) is 15.9. The number of halogens is 1. The maximum atomic E-state index is 13.2. The second kappa shape index (κ2) is 7.47. The van der Waals surface area contributed by atoms with Crippen LogP contribution >= 0.6 is 11.8 Å². The fraction of sp³-hybridized carbons (Fsp3) is 0.150. The van der Waals surface area contributed by atoms with Gasteiger partial charge >= 0.3 is 0 Å². The van der Waals surface area contributed by atoms with Crippen LogP contribution in [0.3, 0.4) is 0 Å². The van der Waals surface area contributed by atoms with Crippen molar-refractivity contribution in [2.75, 3.05) is 0 Å². The lowest BCUT2D eigenvalue weighted by Crippen LogP contribution is -2.26. The van der Waals surface area contributed by atoms with Crippen LogP contribution in [0.25, 0.3) is 11.3 Å². The average molecular weight is 395 g/mol. The van der Waals surface area contributed by atoms with Crippen molar-refractivity contribution in [2.45, 2.75) is 19.0 Å². The molecule has 1 amide bonds. The summed E-state index contributed by atoms with van der Waals surface area (Å²) in [6, 6.07) is 16.1. The molecule has 1 aliphatic heterocycles. The molecule has 1 atom stereocenters. The predicted octanol–water partition coefficient (Wildman–Crippen LogP) is 3.51. The molecular weight excluding hydrogens is 377 g/mol. The quantitative estimate of drug-likeness (QED) is 0.715. The number of benzene rings is 2. The van der Waals surface area contributed by atoms with Gasteiger partial charge in [0.05, 0.1) is 11.1 Å². The monoisotopic (exact) mass is 395 g/mol. The minimum Gasteiger partial charge on any atom is -0.365 e. The number of nitrogens with zero attached hydrogens (tertiary/aromatic N) is 4. The van der Waals surface area contributed by atoms with Crippen LogP contribution in [0.1, 0.15) is 18.0 Å². The molecule has 0 bridgehead atoms. The number of aromatic nitrogens is 3. The molecule has 2 heterocycles. The highest BCUT2D eigenvalue weighted by molar-refractivity contribution is 8.04. The van der Waals surface area contributed by atoms with Gasteiger partial charge < -0.3 is 10.6 Å². The molecule has 2 N–H and O–H groups in total. The Bertz CT molecular complexity index is 1030. The Labute approximate surface area is 165 Å². The molecule has 6 nitrogen and oxygen atoms in total. The molecule has 4 rings (SSSR count). The second-order valence-electron chi connectivity index (χ2n) is 6.43. The zero-order valence-electron chi connectivity index (χ0n) is 15.1. The molecule has 0 radical (unpaired) electrons. The molecule has 1 aromatic heterocycles. The van der Waals surface area contributed by atoms with Gasteiger partial charge in [-0.2, -0.15) is 0 Å². The fourth-order valence-corrected chi connectivity index (χ4v) is 4.28. The molecule has 1 unspecified atom stereocenters. The van der Waals surface area contributed by atoms with Crippen LogP contribution in [-0.4, -0.2) is 25.8 Å². The molecule has 2 aromatic carbocycles. The van der Waals surface area contributed by atoms with E-state index in [1.807, 2.05) is 37.3 Å². The fourth-order valence-electron chi connectivity index (χ4n) is 3.10. The number of nitrogens with two attached hydrogens (primary N) is 1. The van der Waals surface area contributed by atoms with Crippen molar-refractivity contribution in [2.24, 2.45) is 5.73 Å². The van der Waals surface area contributed by atoms with E-state index in [0.717, 1.165) is 16.8 Å². The van der Waals surface area contributed by atoms with Crippen LogP contribution in [0.2, 0.25) is 0 Å². The van der Waals surface area contributed by atoms with Crippen molar-refractivity contribution < 1.29 is 9.18 Å². The minimum absolute atomic E-state index is 0.288. The van der Waals surface area contributed by atoms with Gasteiger partial charge in [0.1, 0.15) is 11.5 Å². The van der Waals surface area contributed by atoms with Crippen molar-refractivity contribution in [1.82, 2.24) is 19.9 Å². The summed E-state index contributed by atoms with van der Waals surface area (Å²) < 4.78 is 14.9.